The fourth-order valence-electron chi connectivity index (χ4n) is 2.03. The molecule has 0 saturated carbocycles. The Morgan fingerprint density at radius 1 is 1.53 bits per heavy atom. The molecule has 1 aliphatic rings. The number of hydrazine groups is 1. The standard InChI is InChI=1S/C11H16N4O3S/c1-7-4-10(15-12)9(5-13-7)11(16)14-8-2-3-19(17,18)6-8/h4-5,8H,2-3,6,12H2,1H3,(H,13,15)(H,14,16). The molecule has 1 aromatic heterocycles. The number of carbonyl (C=O) groups excluding carboxylic acids is 1. The minimum Gasteiger partial charge on any atom is -0.348 e. The minimum atomic E-state index is -3.02. The van der Waals surface area contributed by atoms with E-state index in [0.717, 1.165) is 5.69 Å². The van der Waals surface area contributed by atoms with Gasteiger partial charge in [-0.1, -0.05) is 0 Å². The summed E-state index contributed by atoms with van der Waals surface area (Å²) >= 11 is 0. The second-order valence-electron chi connectivity index (χ2n) is 4.59. The molecule has 1 saturated heterocycles. The molecule has 0 bridgehead atoms. The number of hydrogen-bond donors (Lipinski definition) is 3. The first-order chi connectivity index (χ1) is 8.91. The number of hydrogen-bond acceptors (Lipinski definition) is 6. The molecule has 1 aromatic rings. The van der Waals surface area contributed by atoms with E-state index in [9.17, 15) is 13.2 Å². The van der Waals surface area contributed by atoms with Gasteiger partial charge in [-0.3, -0.25) is 15.6 Å². The highest BCUT2D eigenvalue weighted by atomic mass is 32.2. The molecule has 0 aliphatic carbocycles. The number of anilines is 1. The summed E-state index contributed by atoms with van der Waals surface area (Å²) in [5.74, 6) is 5.09. The highest BCUT2D eigenvalue weighted by molar-refractivity contribution is 7.91. The first-order valence-electron chi connectivity index (χ1n) is 5.86. The van der Waals surface area contributed by atoms with Crippen LogP contribution in [0.1, 0.15) is 22.5 Å². The molecule has 1 amide bonds. The van der Waals surface area contributed by atoms with Crippen LogP contribution in [0.4, 0.5) is 5.69 Å². The number of rotatable bonds is 3. The Balaban J connectivity index is 2.12. The number of aryl methyl sites for hydroxylation is 1. The average Bonchev–Trinajstić information content (AvgIpc) is 2.68. The molecule has 7 nitrogen and oxygen atoms in total. The first kappa shape index (κ1) is 13.8. The fourth-order valence-corrected chi connectivity index (χ4v) is 3.71. The van der Waals surface area contributed by atoms with Crippen molar-refractivity contribution in [3.8, 4) is 0 Å². The zero-order chi connectivity index (χ0) is 14.0. The van der Waals surface area contributed by atoms with Gasteiger partial charge in [0.25, 0.3) is 5.91 Å². The van der Waals surface area contributed by atoms with Gasteiger partial charge in [0, 0.05) is 17.9 Å². The van der Waals surface area contributed by atoms with Gasteiger partial charge >= 0.3 is 0 Å². The summed E-state index contributed by atoms with van der Waals surface area (Å²) in [6.07, 6.45) is 1.86. The molecule has 0 radical (unpaired) electrons. The Labute approximate surface area is 111 Å². The summed E-state index contributed by atoms with van der Waals surface area (Å²) in [4.78, 5) is 16.1. The number of aromatic nitrogens is 1. The molecule has 19 heavy (non-hydrogen) atoms. The van der Waals surface area contributed by atoms with Gasteiger partial charge in [-0.05, 0) is 19.4 Å². The molecule has 8 heteroatoms. The third-order valence-corrected chi connectivity index (χ3v) is 4.78. The van der Waals surface area contributed by atoms with Crippen molar-refractivity contribution < 1.29 is 13.2 Å². The maximum absolute atomic E-state index is 12.1. The quantitative estimate of drug-likeness (QED) is 0.513. The average molecular weight is 284 g/mol. The number of pyridine rings is 1. The molecular weight excluding hydrogens is 268 g/mol. The fraction of sp³-hybridized carbons (Fsp3) is 0.455. The van der Waals surface area contributed by atoms with Gasteiger partial charge in [0.15, 0.2) is 9.84 Å². The van der Waals surface area contributed by atoms with Crippen molar-refractivity contribution in [2.75, 3.05) is 16.9 Å². The van der Waals surface area contributed by atoms with Crippen molar-refractivity contribution in [3.05, 3.63) is 23.5 Å². The van der Waals surface area contributed by atoms with Gasteiger partial charge < -0.3 is 10.7 Å². The lowest BCUT2D eigenvalue weighted by molar-refractivity contribution is 0.0941. The van der Waals surface area contributed by atoms with Crippen molar-refractivity contribution >= 4 is 21.4 Å². The van der Waals surface area contributed by atoms with Crippen LogP contribution in [-0.4, -0.2) is 36.9 Å². The van der Waals surface area contributed by atoms with E-state index >= 15 is 0 Å². The Kier molecular flexibility index (Phi) is 3.72. The van der Waals surface area contributed by atoms with Crippen LogP contribution in [0.25, 0.3) is 0 Å². The van der Waals surface area contributed by atoms with Crippen LogP contribution < -0.4 is 16.6 Å². The zero-order valence-electron chi connectivity index (χ0n) is 10.5. The molecule has 0 aromatic carbocycles. The van der Waals surface area contributed by atoms with Crippen molar-refractivity contribution in [1.29, 1.82) is 0 Å². The van der Waals surface area contributed by atoms with E-state index in [-0.39, 0.29) is 23.5 Å². The topological polar surface area (TPSA) is 114 Å². The lowest BCUT2D eigenvalue weighted by Gasteiger charge is -2.13. The van der Waals surface area contributed by atoms with E-state index in [4.69, 9.17) is 5.84 Å². The van der Waals surface area contributed by atoms with E-state index in [2.05, 4.69) is 15.7 Å². The SMILES string of the molecule is Cc1cc(NN)c(C(=O)NC2CCS(=O)(=O)C2)cn1. The molecule has 1 fully saturated rings. The molecule has 1 aliphatic heterocycles. The van der Waals surface area contributed by atoms with Crippen LogP contribution in [0.2, 0.25) is 0 Å². The van der Waals surface area contributed by atoms with Crippen LogP contribution in [0.5, 0.6) is 0 Å². The highest BCUT2D eigenvalue weighted by Gasteiger charge is 2.29. The van der Waals surface area contributed by atoms with Gasteiger partial charge in [0.2, 0.25) is 0 Å². The minimum absolute atomic E-state index is 0.0105. The molecule has 4 N–H and O–H groups in total. The number of nitrogen functional groups attached to an aromatic ring is 1. The molecule has 2 heterocycles. The summed E-state index contributed by atoms with van der Waals surface area (Å²) in [6, 6.07) is 1.31. The van der Waals surface area contributed by atoms with Gasteiger partial charge in [0.1, 0.15) is 0 Å². The zero-order valence-corrected chi connectivity index (χ0v) is 11.3. The van der Waals surface area contributed by atoms with Gasteiger partial charge in [0.05, 0.1) is 22.8 Å². The highest BCUT2D eigenvalue weighted by Crippen LogP contribution is 2.16. The maximum atomic E-state index is 12.1. The molecule has 104 valence electrons. The van der Waals surface area contributed by atoms with Crippen molar-refractivity contribution in [1.82, 2.24) is 10.3 Å². The molecule has 0 spiro atoms. The maximum Gasteiger partial charge on any atom is 0.255 e. The molecule has 1 atom stereocenters. The summed E-state index contributed by atoms with van der Waals surface area (Å²) < 4.78 is 22.7. The van der Waals surface area contributed by atoms with Gasteiger partial charge in [-0.25, -0.2) is 8.42 Å². The normalized spacial score (nSPS) is 21.1. The van der Waals surface area contributed by atoms with Crippen LogP contribution in [0, 0.1) is 6.92 Å². The van der Waals surface area contributed by atoms with Crippen molar-refractivity contribution in [3.63, 3.8) is 0 Å². The predicted molar refractivity (Wildman–Crippen MR) is 71.3 cm³/mol. The van der Waals surface area contributed by atoms with E-state index in [1.165, 1.54) is 6.20 Å². The van der Waals surface area contributed by atoms with Crippen LogP contribution >= 0.6 is 0 Å². The largest absolute Gasteiger partial charge is 0.348 e. The smallest absolute Gasteiger partial charge is 0.255 e. The predicted octanol–water partition coefficient (Wildman–Crippen LogP) is -0.407. The second-order valence-corrected chi connectivity index (χ2v) is 6.82. The molecular formula is C11H16N4O3S. The van der Waals surface area contributed by atoms with Crippen LogP contribution in [0.3, 0.4) is 0 Å². The monoisotopic (exact) mass is 284 g/mol. The number of nitrogens with two attached hydrogens (primary N) is 1. The third kappa shape index (κ3) is 3.21. The number of carbonyl (C=O) groups is 1. The van der Waals surface area contributed by atoms with Gasteiger partial charge in [-0.2, -0.15) is 0 Å². The Bertz CT molecular complexity index is 600. The summed E-state index contributed by atoms with van der Waals surface area (Å²) in [5.41, 5.74) is 3.94. The summed E-state index contributed by atoms with van der Waals surface area (Å²) in [6.45, 7) is 1.78. The van der Waals surface area contributed by atoms with Crippen molar-refractivity contribution in [2.45, 2.75) is 19.4 Å². The second kappa shape index (κ2) is 5.14. The lowest BCUT2D eigenvalue weighted by Crippen LogP contribution is -2.36. The van der Waals surface area contributed by atoms with Gasteiger partial charge in [-0.15, -0.1) is 0 Å². The van der Waals surface area contributed by atoms with Crippen LogP contribution in [0.15, 0.2) is 12.3 Å². The van der Waals surface area contributed by atoms with E-state index in [1.807, 2.05) is 0 Å². The van der Waals surface area contributed by atoms with E-state index < -0.39 is 9.84 Å². The number of sulfone groups is 1. The number of nitrogens with one attached hydrogen (secondary N) is 2. The Morgan fingerprint density at radius 3 is 2.84 bits per heavy atom. The molecule has 2 rings (SSSR count). The first-order valence-corrected chi connectivity index (χ1v) is 7.68. The number of nitrogens with zero attached hydrogens (tertiary/aromatic N) is 1. The van der Waals surface area contributed by atoms with E-state index in [0.29, 0.717) is 17.7 Å². The lowest BCUT2D eigenvalue weighted by atomic mass is 10.2. The van der Waals surface area contributed by atoms with E-state index in [1.54, 1.807) is 13.0 Å². The third-order valence-electron chi connectivity index (χ3n) is 3.01. The summed E-state index contributed by atoms with van der Waals surface area (Å²) in [7, 11) is -3.02. The Hall–Kier alpha value is -1.67. The Morgan fingerprint density at radius 2 is 2.26 bits per heavy atom. The molecule has 1 unspecified atom stereocenters. The van der Waals surface area contributed by atoms with Crippen molar-refractivity contribution in [2.24, 2.45) is 5.84 Å². The summed E-state index contributed by atoms with van der Waals surface area (Å²) in [5, 5.41) is 2.69. The number of amides is 1. The van der Waals surface area contributed by atoms with Crippen LogP contribution in [-0.2, 0) is 9.84 Å².